The van der Waals surface area contributed by atoms with E-state index >= 15 is 0 Å². The van der Waals surface area contributed by atoms with Gasteiger partial charge in [-0.1, -0.05) is 36.4 Å². The van der Waals surface area contributed by atoms with Gasteiger partial charge in [-0.3, -0.25) is 14.5 Å². The van der Waals surface area contributed by atoms with Crippen LogP contribution in [0.2, 0.25) is 0 Å². The molecular formula is C16H14N2O2. The van der Waals surface area contributed by atoms with Crippen molar-refractivity contribution in [2.75, 3.05) is 12.3 Å². The molecule has 4 heteroatoms. The van der Waals surface area contributed by atoms with Crippen molar-refractivity contribution < 1.29 is 9.59 Å². The van der Waals surface area contributed by atoms with Crippen LogP contribution in [0.3, 0.4) is 0 Å². The van der Waals surface area contributed by atoms with Crippen molar-refractivity contribution in [2.45, 2.75) is 6.42 Å². The monoisotopic (exact) mass is 266 g/mol. The lowest BCUT2D eigenvalue weighted by Gasteiger charge is -2.13. The maximum absolute atomic E-state index is 12.3. The van der Waals surface area contributed by atoms with Gasteiger partial charge in [0.2, 0.25) is 0 Å². The molecule has 20 heavy (non-hydrogen) atoms. The Morgan fingerprint density at radius 3 is 2.35 bits per heavy atom. The second-order valence-electron chi connectivity index (χ2n) is 4.77. The molecule has 1 aliphatic heterocycles. The maximum Gasteiger partial charge on any atom is 0.263 e. The number of carbonyl (C=O) groups excluding carboxylic acids is 2. The van der Waals surface area contributed by atoms with Crippen LogP contribution in [0.4, 0.5) is 5.69 Å². The number of anilines is 1. The second-order valence-corrected chi connectivity index (χ2v) is 4.77. The van der Waals surface area contributed by atoms with Crippen molar-refractivity contribution >= 4 is 17.5 Å². The number of hydrogen-bond acceptors (Lipinski definition) is 3. The highest BCUT2D eigenvalue weighted by Crippen LogP contribution is 2.27. The van der Waals surface area contributed by atoms with Crippen LogP contribution in [0.1, 0.15) is 26.3 Å². The summed E-state index contributed by atoms with van der Waals surface area (Å²) in [7, 11) is 0. The highest BCUT2D eigenvalue weighted by molar-refractivity contribution is 6.23. The summed E-state index contributed by atoms with van der Waals surface area (Å²) < 4.78 is 0. The summed E-state index contributed by atoms with van der Waals surface area (Å²) in [4.78, 5) is 25.8. The number of nitrogens with zero attached hydrogens (tertiary/aromatic N) is 1. The Bertz CT molecular complexity index is 680. The van der Waals surface area contributed by atoms with E-state index in [1.54, 1.807) is 18.2 Å². The third-order valence-electron chi connectivity index (χ3n) is 3.50. The molecule has 2 amide bonds. The Balaban J connectivity index is 1.82. The van der Waals surface area contributed by atoms with Crippen molar-refractivity contribution in [3.05, 3.63) is 65.2 Å². The van der Waals surface area contributed by atoms with E-state index in [1.165, 1.54) is 4.90 Å². The first-order valence-corrected chi connectivity index (χ1v) is 6.47. The predicted molar refractivity (Wildman–Crippen MR) is 76.4 cm³/mol. The van der Waals surface area contributed by atoms with Crippen molar-refractivity contribution in [3.63, 3.8) is 0 Å². The zero-order valence-electron chi connectivity index (χ0n) is 10.9. The van der Waals surface area contributed by atoms with Crippen LogP contribution >= 0.6 is 0 Å². The zero-order chi connectivity index (χ0) is 14.1. The normalized spacial score (nSPS) is 13.7. The van der Waals surface area contributed by atoms with Crippen LogP contribution < -0.4 is 5.73 Å². The summed E-state index contributed by atoms with van der Waals surface area (Å²) in [5.74, 6) is -0.549. The summed E-state index contributed by atoms with van der Waals surface area (Å²) in [6.07, 6.45) is 0.645. The average Bonchev–Trinajstić information content (AvgIpc) is 2.71. The molecule has 2 aromatic carbocycles. The minimum absolute atomic E-state index is 0.256. The van der Waals surface area contributed by atoms with Crippen LogP contribution in [0.5, 0.6) is 0 Å². The van der Waals surface area contributed by atoms with Crippen LogP contribution in [0.25, 0.3) is 0 Å². The minimum atomic E-state index is -0.293. The molecule has 4 nitrogen and oxygen atoms in total. The van der Waals surface area contributed by atoms with E-state index in [9.17, 15) is 9.59 Å². The standard InChI is InChI=1S/C16H14N2O2/c17-13-8-4-7-12-14(13)16(20)18(15(12)19)10-9-11-5-2-1-3-6-11/h1-8H,9-10,17H2. The summed E-state index contributed by atoms with van der Waals surface area (Å²) in [5, 5.41) is 0. The second kappa shape index (κ2) is 4.81. The Morgan fingerprint density at radius 2 is 1.65 bits per heavy atom. The quantitative estimate of drug-likeness (QED) is 0.683. The Labute approximate surface area is 116 Å². The van der Waals surface area contributed by atoms with Gasteiger partial charge in [-0.15, -0.1) is 0 Å². The molecule has 3 rings (SSSR count). The third-order valence-corrected chi connectivity index (χ3v) is 3.50. The number of nitrogens with two attached hydrogens (primary N) is 1. The molecule has 0 aromatic heterocycles. The molecule has 100 valence electrons. The van der Waals surface area contributed by atoms with Gasteiger partial charge in [-0.05, 0) is 24.1 Å². The molecule has 2 N–H and O–H groups in total. The van der Waals surface area contributed by atoms with E-state index in [1.807, 2.05) is 30.3 Å². The lowest BCUT2D eigenvalue weighted by Crippen LogP contribution is -2.31. The molecule has 0 saturated heterocycles. The van der Waals surface area contributed by atoms with Gasteiger partial charge in [0.15, 0.2) is 0 Å². The minimum Gasteiger partial charge on any atom is -0.398 e. The number of imide groups is 1. The molecule has 0 unspecified atom stereocenters. The fourth-order valence-corrected chi connectivity index (χ4v) is 2.45. The summed E-state index contributed by atoms with van der Waals surface area (Å²) >= 11 is 0. The predicted octanol–water partition coefficient (Wildman–Crippen LogP) is 2.11. The SMILES string of the molecule is Nc1cccc2c1C(=O)N(CCc1ccccc1)C2=O. The van der Waals surface area contributed by atoms with Crippen LogP contribution in [-0.2, 0) is 6.42 Å². The number of rotatable bonds is 3. The van der Waals surface area contributed by atoms with E-state index in [0.717, 1.165) is 5.56 Å². The Hall–Kier alpha value is -2.62. The van der Waals surface area contributed by atoms with E-state index in [0.29, 0.717) is 29.8 Å². The highest BCUT2D eigenvalue weighted by Gasteiger charge is 2.36. The van der Waals surface area contributed by atoms with Gasteiger partial charge in [-0.2, -0.15) is 0 Å². The smallest absolute Gasteiger partial charge is 0.263 e. The molecule has 0 saturated carbocycles. The van der Waals surface area contributed by atoms with Gasteiger partial charge in [0, 0.05) is 12.2 Å². The molecule has 2 aromatic rings. The van der Waals surface area contributed by atoms with Crippen LogP contribution in [-0.4, -0.2) is 23.3 Å². The van der Waals surface area contributed by atoms with Gasteiger partial charge in [0.25, 0.3) is 11.8 Å². The van der Waals surface area contributed by atoms with Crippen molar-refractivity contribution in [3.8, 4) is 0 Å². The van der Waals surface area contributed by atoms with Gasteiger partial charge in [0.05, 0.1) is 11.1 Å². The van der Waals surface area contributed by atoms with Gasteiger partial charge >= 0.3 is 0 Å². The van der Waals surface area contributed by atoms with Crippen LogP contribution in [0, 0.1) is 0 Å². The molecule has 0 atom stereocenters. The first-order valence-electron chi connectivity index (χ1n) is 6.47. The Morgan fingerprint density at radius 1 is 0.900 bits per heavy atom. The topological polar surface area (TPSA) is 63.4 Å². The van der Waals surface area contributed by atoms with E-state index in [2.05, 4.69) is 0 Å². The average molecular weight is 266 g/mol. The zero-order valence-corrected chi connectivity index (χ0v) is 10.9. The van der Waals surface area contributed by atoms with E-state index < -0.39 is 0 Å². The molecule has 1 aliphatic rings. The summed E-state index contributed by atoms with van der Waals surface area (Å²) in [6.45, 7) is 0.371. The Kier molecular flexibility index (Phi) is 2.99. The fraction of sp³-hybridized carbons (Fsp3) is 0.125. The van der Waals surface area contributed by atoms with Crippen molar-refractivity contribution in [1.29, 1.82) is 0 Å². The largest absolute Gasteiger partial charge is 0.398 e. The van der Waals surface area contributed by atoms with Gasteiger partial charge in [-0.25, -0.2) is 0 Å². The van der Waals surface area contributed by atoms with Crippen molar-refractivity contribution in [1.82, 2.24) is 4.90 Å². The van der Waals surface area contributed by atoms with E-state index in [4.69, 9.17) is 5.73 Å². The molecular weight excluding hydrogens is 252 g/mol. The number of hydrogen-bond donors (Lipinski definition) is 1. The molecule has 0 radical (unpaired) electrons. The number of carbonyl (C=O) groups is 2. The number of amides is 2. The molecule has 0 aliphatic carbocycles. The fourth-order valence-electron chi connectivity index (χ4n) is 2.45. The number of benzene rings is 2. The van der Waals surface area contributed by atoms with Gasteiger partial charge in [0.1, 0.15) is 0 Å². The molecule has 0 fully saturated rings. The lowest BCUT2D eigenvalue weighted by molar-refractivity contribution is 0.0656. The first kappa shape index (κ1) is 12.4. The van der Waals surface area contributed by atoms with Gasteiger partial charge < -0.3 is 5.73 Å². The van der Waals surface area contributed by atoms with Crippen LogP contribution in [0.15, 0.2) is 48.5 Å². The third kappa shape index (κ3) is 1.95. The molecule has 1 heterocycles. The summed E-state index contributed by atoms with van der Waals surface area (Å²) in [6, 6.07) is 14.8. The first-order chi connectivity index (χ1) is 9.68. The summed E-state index contributed by atoms with van der Waals surface area (Å²) in [5.41, 5.74) is 8.00. The number of fused-ring (bicyclic) bond motifs is 1. The molecule has 0 bridgehead atoms. The lowest BCUT2D eigenvalue weighted by atomic mass is 10.1. The van der Waals surface area contributed by atoms with Crippen molar-refractivity contribution in [2.24, 2.45) is 0 Å². The van der Waals surface area contributed by atoms with E-state index in [-0.39, 0.29) is 11.8 Å². The maximum atomic E-state index is 12.3. The number of nitrogen functional groups attached to an aromatic ring is 1. The molecule has 0 spiro atoms. The highest BCUT2D eigenvalue weighted by atomic mass is 16.2.